The molecule has 7 aromatic rings. The van der Waals surface area contributed by atoms with Crippen molar-refractivity contribution in [3.8, 4) is 28.3 Å². The Morgan fingerprint density at radius 3 is 1.90 bits per heavy atom. The number of hydrogen-bond acceptors (Lipinski definition) is 1. The molecule has 0 fully saturated rings. The summed E-state index contributed by atoms with van der Waals surface area (Å²) < 4.78 is 23.2. The highest BCUT2D eigenvalue weighted by molar-refractivity contribution is 6.12. The highest BCUT2D eigenvalue weighted by Crippen LogP contribution is 2.63. The zero-order valence-corrected chi connectivity index (χ0v) is 21.4. The maximum absolute atomic E-state index is 14.0. The number of hydrogen-bond donors (Lipinski definition) is 0. The van der Waals surface area contributed by atoms with Crippen molar-refractivity contribution in [3.05, 3.63) is 162 Å². The molecule has 1 aliphatic carbocycles. The number of para-hydroxylation sites is 2. The van der Waals surface area contributed by atoms with Crippen LogP contribution in [0.15, 0.2) is 133 Å². The smallest absolute Gasteiger partial charge is 0.156 e. The summed E-state index contributed by atoms with van der Waals surface area (Å²) in [7, 11) is 0. The van der Waals surface area contributed by atoms with Crippen LogP contribution in [0, 0.1) is 5.82 Å². The first-order valence-electron chi connectivity index (χ1n) is 13.6. The van der Waals surface area contributed by atoms with Gasteiger partial charge < -0.3 is 9.30 Å². The third-order valence-electron chi connectivity index (χ3n) is 8.73. The molecule has 0 N–H and O–H groups in total. The Hall–Kier alpha value is -5.15. The Balaban J connectivity index is 1.50. The lowest BCUT2D eigenvalue weighted by Gasteiger charge is -2.39. The highest BCUT2D eigenvalue weighted by atomic mass is 19.1. The van der Waals surface area contributed by atoms with Crippen LogP contribution in [-0.4, -0.2) is 4.57 Å². The first-order chi connectivity index (χ1) is 19.8. The number of nitrogens with zero attached hydrogens (tertiary/aromatic N) is 1. The first kappa shape index (κ1) is 21.7. The summed E-state index contributed by atoms with van der Waals surface area (Å²) in [6.45, 7) is 0. The van der Waals surface area contributed by atoms with Gasteiger partial charge in [-0.05, 0) is 58.7 Å². The fraction of sp³-hybridized carbons (Fsp3) is 0.0270. The minimum atomic E-state index is -0.532. The zero-order valence-electron chi connectivity index (χ0n) is 21.4. The van der Waals surface area contributed by atoms with Crippen molar-refractivity contribution >= 4 is 21.8 Å². The van der Waals surface area contributed by atoms with Crippen LogP contribution in [-0.2, 0) is 5.41 Å². The molecule has 0 unspecified atom stereocenters. The van der Waals surface area contributed by atoms with Crippen LogP contribution in [0.2, 0.25) is 0 Å². The van der Waals surface area contributed by atoms with E-state index in [2.05, 4.69) is 108 Å². The molecule has 0 bridgehead atoms. The molecule has 40 heavy (non-hydrogen) atoms. The quantitative estimate of drug-likeness (QED) is 0.212. The van der Waals surface area contributed by atoms with E-state index in [4.69, 9.17) is 4.74 Å². The van der Waals surface area contributed by atoms with Crippen molar-refractivity contribution in [2.75, 3.05) is 0 Å². The number of halogens is 1. The molecule has 2 aliphatic rings. The zero-order chi connectivity index (χ0) is 26.4. The lowest BCUT2D eigenvalue weighted by Crippen LogP contribution is -2.32. The van der Waals surface area contributed by atoms with Crippen LogP contribution < -0.4 is 4.74 Å². The molecule has 0 saturated heterocycles. The third kappa shape index (κ3) is 2.57. The maximum atomic E-state index is 14.0. The Bertz CT molecular complexity index is 2110. The summed E-state index contributed by atoms with van der Waals surface area (Å²) in [5.74, 6) is 1.43. The Morgan fingerprint density at radius 2 is 1.15 bits per heavy atom. The van der Waals surface area contributed by atoms with Gasteiger partial charge in [-0.2, -0.15) is 0 Å². The van der Waals surface area contributed by atoms with Crippen LogP contribution in [0.3, 0.4) is 0 Å². The van der Waals surface area contributed by atoms with Gasteiger partial charge in [0, 0.05) is 27.6 Å². The lowest BCUT2D eigenvalue weighted by molar-refractivity contribution is 0.440. The Morgan fingerprint density at radius 1 is 0.525 bits per heavy atom. The molecule has 188 valence electrons. The van der Waals surface area contributed by atoms with Crippen molar-refractivity contribution in [3.63, 3.8) is 0 Å². The van der Waals surface area contributed by atoms with Crippen LogP contribution in [0.25, 0.3) is 38.6 Å². The van der Waals surface area contributed by atoms with Gasteiger partial charge in [0.15, 0.2) is 5.75 Å². The standard InChI is InChI=1S/C37H22FNO/c38-23-17-19-24(20-18-23)39-33-15-7-3-11-27(33)28-21-22-32-36(35(28)39)40-34-16-8-6-14-31(34)37(32)29-12-4-1-9-25(29)26-10-2-5-13-30(26)37/h1-22H. The van der Waals surface area contributed by atoms with Crippen molar-refractivity contribution in [1.82, 2.24) is 4.57 Å². The summed E-state index contributed by atoms with van der Waals surface area (Å²) in [5.41, 5.74) is 9.68. The van der Waals surface area contributed by atoms with E-state index in [-0.39, 0.29) is 5.82 Å². The second-order valence-corrected chi connectivity index (χ2v) is 10.6. The molecule has 0 amide bonds. The average molecular weight is 516 g/mol. The summed E-state index contributed by atoms with van der Waals surface area (Å²) in [6.07, 6.45) is 0. The van der Waals surface area contributed by atoms with E-state index in [1.165, 1.54) is 34.4 Å². The average Bonchev–Trinajstić information content (AvgIpc) is 3.50. The van der Waals surface area contributed by atoms with E-state index < -0.39 is 5.41 Å². The van der Waals surface area contributed by atoms with Gasteiger partial charge in [-0.1, -0.05) is 97.1 Å². The predicted octanol–water partition coefficient (Wildman–Crippen LogP) is 9.39. The van der Waals surface area contributed by atoms with Crippen LogP contribution in [0.5, 0.6) is 11.5 Å². The van der Waals surface area contributed by atoms with E-state index in [0.29, 0.717) is 0 Å². The van der Waals surface area contributed by atoms with Gasteiger partial charge in [0.2, 0.25) is 0 Å². The molecule has 0 saturated carbocycles. The van der Waals surface area contributed by atoms with Crippen LogP contribution in [0.4, 0.5) is 4.39 Å². The first-order valence-corrected chi connectivity index (χ1v) is 13.6. The minimum absolute atomic E-state index is 0.255. The normalized spacial score (nSPS) is 14.0. The molecule has 2 heterocycles. The Labute approximate surface area is 230 Å². The predicted molar refractivity (Wildman–Crippen MR) is 158 cm³/mol. The molecule has 2 nitrogen and oxygen atoms in total. The van der Waals surface area contributed by atoms with Crippen molar-refractivity contribution in [2.45, 2.75) is 5.41 Å². The fourth-order valence-electron chi connectivity index (χ4n) is 7.22. The van der Waals surface area contributed by atoms with Gasteiger partial charge in [-0.3, -0.25) is 0 Å². The lowest BCUT2D eigenvalue weighted by atomic mass is 9.66. The molecule has 0 radical (unpaired) electrons. The van der Waals surface area contributed by atoms with Crippen molar-refractivity contribution in [1.29, 1.82) is 0 Å². The van der Waals surface area contributed by atoms with E-state index >= 15 is 0 Å². The van der Waals surface area contributed by atoms with E-state index in [0.717, 1.165) is 50.1 Å². The van der Waals surface area contributed by atoms with Crippen molar-refractivity contribution in [2.24, 2.45) is 0 Å². The molecule has 3 heteroatoms. The van der Waals surface area contributed by atoms with Crippen LogP contribution in [0.1, 0.15) is 22.3 Å². The molecule has 0 atom stereocenters. The number of ether oxygens (including phenoxy) is 1. The second kappa shape index (κ2) is 7.71. The third-order valence-corrected chi connectivity index (χ3v) is 8.73. The van der Waals surface area contributed by atoms with E-state index in [1.54, 1.807) is 0 Å². The van der Waals surface area contributed by atoms with Gasteiger partial charge in [0.1, 0.15) is 11.6 Å². The Kier molecular flexibility index (Phi) is 4.19. The minimum Gasteiger partial charge on any atom is -0.454 e. The highest BCUT2D eigenvalue weighted by Gasteiger charge is 2.51. The van der Waals surface area contributed by atoms with Gasteiger partial charge in [0.05, 0.1) is 16.4 Å². The summed E-state index contributed by atoms with van der Waals surface area (Å²) >= 11 is 0. The molecular weight excluding hydrogens is 493 g/mol. The summed E-state index contributed by atoms with van der Waals surface area (Å²) in [5, 5.41) is 2.24. The maximum Gasteiger partial charge on any atom is 0.156 e. The van der Waals surface area contributed by atoms with E-state index in [9.17, 15) is 4.39 Å². The molecule has 1 aromatic heterocycles. The number of fused-ring (bicyclic) bond motifs is 13. The fourth-order valence-corrected chi connectivity index (χ4v) is 7.22. The largest absolute Gasteiger partial charge is 0.454 e. The van der Waals surface area contributed by atoms with Gasteiger partial charge >= 0.3 is 0 Å². The molecule has 9 rings (SSSR count). The van der Waals surface area contributed by atoms with Gasteiger partial charge in [-0.15, -0.1) is 0 Å². The van der Waals surface area contributed by atoms with Gasteiger partial charge in [0.25, 0.3) is 0 Å². The van der Waals surface area contributed by atoms with Gasteiger partial charge in [-0.25, -0.2) is 4.39 Å². The topological polar surface area (TPSA) is 14.2 Å². The molecule has 6 aromatic carbocycles. The monoisotopic (exact) mass is 515 g/mol. The number of benzene rings is 6. The summed E-state index contributed by atoms with van der Waals surface area (Å²) in [6, 6.07) is 45.5. The summed E-state index contributed by atoms with van der Waals surface area (Å²) in [4.78, 5) is 0. The second-order valence-electron chi connectivity index (χ2n) is 10.6. The van der Waals surface area contributed by atoms with Crippen molar-refractivity contribution < 1.29 is 9.13 Å². The molecule has 1 spiro atoms. The van der Waals surface area contributed by atoms with E-state index in [1.807, 2.05) is 18.2 Å². The molecule has 1 aliphatic heterocycles. The number of aromatic nitrogens is 1. The molecular formula is C37H22FNO. The SMILES string of the molecule is Fc1ccc(-n2c3ccccc3c3ccc4c(c32)Oc2ccccc2C42c3ccccc3-c3ccccc32)cc1. The number of rotatable bonds is 1. The van der Waals surface area contributed by atoms with Crippen LogP contribution >= 0.6 is 0 Å².